The zero-order valence-corrected chi connectivity index (χ0v) is 17.8. The lowest BCUT2D eigenvalue weighted by molar-refractivity contribution is 0.0944. The number of benzene rings is 1. The van der Waals surface area contributed by atoms with E-state index in [1.165, 1.54) is 0 Å². The van der Waals surface area contributed by atoms with Crippen LogP contribution in [-0.2, 0) is 0 Å². The minimum Gasteiger partial charge on any atom is -0.463 e. The number of carbonyl (C=O) groups is 1. The van der Waals surface area contributed by atoms with Crippen LogP contribution in [-0.4, -0.2) is 71.8 Å². The highest BCUT2D eigenvalue weighted by atomic mass is 35.5. The van der Waals surface area contributed by atoms with Gasteiger partial charge < -0.3 is 19.5 Å². The minimum absolute atomic E-state index is 0.193. The van der Waals surface area contributed by atoms with E-state index < -0.39 is 0 Å². The molecular formula is C22H26ClN5O2. The molecule has 1 amide bonds. The van der Waals surface area contributed by atoms with Gasteiger partial charge in [0.05, 0.1) is 12.0 Å². The number of carbonyl (C=O) groups excluding carboxylic acids is 1. The third-order valence-corrected chi connectivity index (χ3v) is 5.54. The maximum atomic E-state index is 12.7. The van der Waals surface area contributed by atoms with Crippen LogP contribution in [0.2, 0.25) is 5.02 Å². The zero-order chi connectivity index (χ0) is 20.9. The fourth-order valence-corrected chi connectivity index (χ4v) is 3.75. The highest BCUT2D eigenvalue weighted by Gasteiger charge is 2.19. The van der Waals surface area contributed by atoms with E-state index in [2.05, 4.69) is 27.3 Å². The Labute approximate surface area is 181 Å². The molecule has 0 unspecified atom stereocenters. The third-order valence-electron chi connectivity index (χ3n) is 5.30. The maximum absolute atomic E-state index is 12.7. The number of aromatic nitrogens is 2. The number of likely N-dealkylation sites (N-methyl/N-ethyl adjacent to an activating group) is 1. The molecule has 1 saturated heterocycles. The van der Waals surface area contributed by atoms with Crippen molar-refractivity contribution in [3.63, 3.8) is 0 Å². The predicted molar refractivity (Wildman–Crippen MR) is 117 cm³/mol. The molecular weight excluding hydrogens is 402 g/mol. The number of nitrogens with one attached hydrogen (secondary N) is 1. The summed E-state index contributed by atoms with van der Waals surface area (Å²) in [5, 5.41) is 8.11. The summed E-state index contributed by atoms with van der Waals surface area (Å²) in [6.45, 7) is 5.97. The molecule has 0 spiro atoms. The average Bonchev–Trinajstić information content (AvgIpc) is 3.42. The fraction of sp³-hybridized carbons (Fsp3) is 0.364. The average molecular weight is 428 g/mol. The first-order valence-corrected chi connectivity index (χ1v) is 10.6. The van der Waals surface area contributed by atoms with Crippen LogP contribution in [0, 0.1) is 0 Å². The van der Waals surface area contributed by atoms with Gasteiger partial charge >= 0.3 is 0 Å². The maximum Gasteiger partial charge on any atom is 0.271 e. The summed E-state index contributed by atoms with van der Waals surface area (Å²) in [6.07, 6.45) is 2.51. The predicted octanol–water partition coefficient (Wildman–Crippen LogP) is 3.15. The molecule has 4 rings (SSSR count). The third kappa shape index (κ3) is 4.92. The van der Waals surface area contributed by atoms with E-state index in [0.717, 1.165) is 44.8 Å². The van der Waals surface area contributed by atoms with E-state index in [-0.39, 0.29) is 5.91 Å². The largest absolute Gasteiger partial charge is 0.463 e. The van der Waals surface area contributed by atoms with Crippen molar-refractivity contribution in [2.75, 3.05) is 46.3 Å². The van der Waals surface area contributed by atoms with Gasteiger partial charge in [0, 0.05) is 43.8 Å². The van der Waals surface area contributed by atoms with Crippen molar-refractivity contribution in [1.82, 2.24) is 24.9 Å². The van der Waals surface area contributed by atoms with Crippen LogP contribution < -0.4 is 5.32 Å². The van der Waals surface area contributed by atoms with E-state index in [0.29, 0.717) is 28.7 Å². The van der Waals surface area contributed by atoms with Gasteiger partial charge in [-0.1, -0.05) is 17.7 Å². The van der Waals surface area contributed by atoms with Crippen LogP contribution in [0.5, 0.6) is 0 Å². The van der Waals surface area contributed by atoms with Crippen molar-refractivity contribution in [3.05, 3.63) is 59.4 Å². The summed E-state index contributed by atoms with van der Waals surface area (Å²) in [5.74, 6) is 0.443. The number of furan rings is 1. The lowest BCUT2D eigenvalue weighted by atomic mass is 10.2. The first-order valence-electron chi connectivity index (χ1n) is 10.2. The fourth-order valence-electron chi connectivity index (χ4n) is 3.56. The normalized spacial score (nSPS) is 15.4. The minimum atomic E-state index is -0.193. The van der Waals surface area contributed by atoms with Crippen molar-refractivity contribution in [1.29, 1.82) is 0 Å². The van der Waals surface area contributed by atoms with Gasteiger partial charge in [-0.3, -0.25) is 4.79 Å². The Balaban J connectivity index is 1.42. The second-order valence-corrected chi connectivity index (χ2v) is 7.97. The molecule has 1 N–H and O–H groups in total. The molecule has 0 bridgehead atoms. The van der Waals surface area contributed by atoms with Crippen LogP contribution in [0.1, 0.15) is 16.9 Å². The Morgan fingerprint density at radius 3 is 2.73 bits per heavy atom. The Morgan fingerprint density at radius 1 is 1.17 bits per heavy atom. The Bertz CT molecular complexity index is 977. The Morgan fingerprint density at radius 2 is 2.00 bits per heavy atom. The SMILES string of the molecule is CN1CCN(CCCNC(=O)c2cc(-c3ccco3)n(-c3cccc(Cl)c3)n2)CC1. The molecule has 7 nitrogen and oxygen atoms in total. The van der Waals surface area contributed by atoms with Crippen LogP contribution in [0.4, 0.5) is 0 Å². The number of nitrogens with zero attached hydrogens (tertiary/aromatic N) is 4. The van der Waals surface area contributed by atoms with Crippen LogP contribution >= 0.6 is 11.6 Å². The highest BCUT2D eigenvalue weighted by Crippen LogP contribution is 2.25. The van der Waals surface area contributed by atoms with Crippen molar-refractivity contribution < 1.29 is 9.21 Å². The lowest BCUT2D eigenvalue weighted by Crippen LogP contribution is -2.45. The molecule has 2 aromatic heterocycles. The Kier molecular flexibility index (Phi) is 6.52. The molecule has 0 radical (unpaired) electrons. The van der Waals surface area contributed by atoms with E-state index in [4.69, 9.17) is 16.0 Å². The number of hydrogen-bond donors (Lipinski definition) is 1. The summed E-state index contributed by atoms with van der Waals surface area (Å²) >= 11 is 6.15. The van der Waals surface area contributed by atoms with Gasteiger partial charge in [0.25, 0.3) is 5.91 Å². The first kappa shape index (κ1) is 20.7. The van der Waals surface area contributed by atoms with Crippen LogP contribution in [0.3, 0.4) is 0 Å². The van der Waals surface area contributed by atoms with E-state index in [1.807, 2.05) is 24.3 Å². The summed E-state index contributed by atoms with van der Waals surface area (Å²) in [4.78, 5) is 17.5. The van der Waals surface area contributed by atoms with Crippen molar-refractivity contribution in [3.8, 4) is 17.1 Å². The molecule has 0 aliphatic carbocycles. The smallest absolute Gasteiger partial charge is 0.271 e. The summed E-state index contributed by atoms with van der Waals surface area (Å²) in [5.41, 5.74) is 1.81. The van der Waals surface area contributed by atoms with Gasteiger partial charge in [-0.05, 0) is 50.3 Å². The number of hydrogen-bond acceptors (Lipinski definition) is 5. The zero-order valence-electron chi connectivity index (χ0n) is 17.1. The van der Waals surface area contributed by atoms with Crippen molar-refractivity contribution in [2.24, 2.45) is 0 Å². The molecule has 1 aliphatic heterocycles. The Hall–Kier alpha value is -2.61. The van der Waals surface area contributed by atoms with Gasteiger partial charge in [-0.15, -0.1) is 0 Å². The molecule has 1 aliphatic rings. The molecule has 3 heterocycles. The monoisotopic (exact) mass is 427 g/mol. The highest BCUT2D eigenvalue weighted by molar-refractivity contribution is 6.30. The quantitative estimate of drug-likeness (QED) is 0.587. The summed E-state index contributed by atoms with van der Waals surface area (Å²) < 4.78 is 7.23. The molecule has 3 aromatic rings. The summed E-state index contributed by atoms with van der Waals surface area (Å²) in [7, 11) is 2.15. The van der Waals surface area contributed by atoms with Crippen LogP contribution in [0.15, 0.2) is 53.1 Å². The van der Waals surface area contributed by atoms with E-state index in [9.17, 15) is 4.79 Å². The molecule has 30 heavy (non-hydrogen) atoms. The van der Waals surface area contributed by atoms with E-state index in [1.54, 1.807) is 29.1 Å². The lowest BCUT2D eigenvalue weighted by Gasteiger charge is -2.32. The first-order chi connectivity index (χ1) is 14.6. The molecule has 1 fully saturated rings. The van der Waals surface area contributed by atoms with Gasteiger partial charge in [-0.25, -0.2) is 4.68 Å². The van der Waals surface area contributed by atoms with Crippen molar-refractivity contribution in [2.45, 2.75) is 6.42 Å². The standard InChI is InChI=1S/C22H26ClN5O2/c1-26-10-12-27(13-11-26)9-4-8-24-22(29)19-16-20(21-7-3-14-30-21)28(25-19)18-6-2-5-17(23)15-18/h2-3,5-7,14-16H,4,8-13H2,1H3,(H,24,29). The topological polar surface area (TPSA) is 66.5 Å². The van der Waals surface area contributed by atoms with Gasteiger partial charge in [0.15, 0.2) is 11.5 Å². The molecule has 0 saturated carbocycles. The van der Waals surface area contributed by atoms with Gasteiger partial charge in [0.2, 0.25) is 0 Å². The van der Waals surface area contributed by atoms with Crippen LogP contribution in [0.25, 0.3) is 17.1 Å². The van der Waals surface area contributed by atoms with Gasteiger partial charge in [0.1, 0.15) is 5.69 Å². The summed E-state index contributed by atoms with van der Waals surface area (Å²) in [6, 6.07) is 12.7. The van der Waals surface area contributed by atoms with Crippen molar-refractivity contribution >= 4 is 17.5 Å². The number of piperazine rings is 1. The second kappa shape index (κ2) is 9.47. The van der Waals surface area contributed by atoms with Gasteiger partial charge in [-0.2, -0.15) is 5.10 Å². The number of amides is 1. The molecule has 1 aromatic carbocycles. The molecule has 158 valence electrons. The van der Waals surface area contributed by atoms with E-state index >= 15 is 0 Å². The number of halogens is 1. The number of rotatable bonds is 7. The molecule has 0 atom stereocenters. The molecule has 8 heteroatoms. The second-order valence-electron chi connectivity index (χ2n) is 7.54.